The fraction of sp³-hybridized carbons (Fsp3) is 0.481. The van der Waals surface area contributed by atoms with Crippen LogP contribution in [0.25, 0.3) is 0 Å². The van der Waals surface area contributed by atoms with E-state index in [0.717, 1.165) is 25.1 Å². The van der Waals surface area contributed by atoms with Gasteiger partial charge in [-0.15, -0.1) is 11.3 Å². The van der Waals surface area contributed by atoms with Gasteiger partial charge in [0.05, 0.1) is 23.9 Å². The molecular formula is C27H36N4O7S2. The quantitative estimate of drug-likeness (QED) is 0.202. The topological polar surface area (TPSA) is 182 Å². The average molecular weight is 593 g/mol. The highest BCUT2D eigenvalue weighted by Gasteiger charge is 2.48. The first-order valence-electron chi connectivity index (χ1n) is 12.9. The summed E-state index contributed by atoms with van der Waals surface area (Å²) in [5, 5.41) is 48.3. The zero-order valence-corrected chi connectivity index (χ0v) is 24.1. The molecule has 2 aromatic heterocycles. The molecule has 3 atom stereocenters. The number of hydrogen-bond acceptors (Lipinski definition) is 9. The van der Waals surface area contributed by atoms with Crippen molar-refractivity contribution in [3.8, 4) is 0 Å². The first kappa shape index (κ1) is 31.4. The Hall–Kier alpha value is -3.13. The molecule has 0 radical (unpaired) electrons. The first-order chi connectivity index (χ1) is 18.9. The number of aliphatic hydroxyl groups is 1. The summed E-state index contributed by atoms with van der Waals surface area (Å²) in [5.41, 5.74) is 3.93. The van der Waals surface area contributed by atoms with E-state index in [1.54, 1.807) is 0 Å². The molecule has 40 heavy (non-hydrogen) atoms. The van der Waals surface area contributed by atoms with Crippen LogP contribution in [0, 0.1) is 12.8 Å². The van der Waals surface area contributed by atoms with Gasteiger partial charge in [0.1, 0.15) is 0 Å². The molecular weight excluding hydrogens is 556 g/mol. The standard InChI is InChI=1S/C21H28N4S2.C6H8O7/c1-16(12-18-6-5-17(2)23-13-18)20-21(9-10-22-20,27-14-24-25-15-27)8-7-19-4-3-11-26-19;7-3(8)1-6(13,5(11)12)2-4(9)10/h3-6,11,13-16,20,22,27H,7-10,12H2,1-2H3;13H,1-2H2,(H,7,8)(H,9,10)(H,11,12). The van der Waals surface area contributed by atoms with Gasteiger partial charge in [0.25, 0.3) is 0 Å². The van der Waals surface area contributed by atoms with Crippen molar-refractivity contribution in [3.05, 3.63) is 52.0 Å². The number of aryl methyl sites for hydroxylation is 2. The van der Waals surface area contributed by atoms with Gasteiger partial charge < -0.3 is 25.7 Å². The molecule has 0 aliphatic carbocycles. The molecule has 11 nitrogen and oxygen atoms in total. The molecule has 4 heterocycles. The normalized spacial score (nSPS) is 21.6. The lowest BCUT2D eigenvalue weighted by molar-refractivity contribution is -0.170. The number of nitrogens with zero attached hydrogens (tertiary/aromatic N) is 3. The number of carboxylic acids is 3. The number of carbonyl (C=O) groups is 3. The zero-order chi connectivity index (χ0) is 29.3. The van der Waals surface area contributed by atoms with Crippen LogP contribution in [0.3, 0.4) is 0 Å². The van der Waals surface area contributed by atoms with Crippen LogP contribution in [-0.2, 0) is 27.2 Å². The van der Waals surface area contributed by atoms with E-state index in [4.69, 9.17) is 20.4 Å². The molecule has 0 amide bonds. The molecule has 1 fully saturated rings. The molecule has 13 heteroatoms. The maximum absolute atomic E-state index is 10.3. The van der Waals surface area contributed by atoms with Gasteiger partial charge in [0.15, 0.2) is 5.60 Å². The van der Waals surface area contributed by atoms with Gasteiger partial charge in [0.2, 0.25) is 0 Å². The fourth-order valence-corrected chi connectivity index (χ4v) is 8.25. The Labute approximate surface area is 239 Å². The van der Waals surface area contributed by atoms with Crippen LogP contribution in [-0.4, -0.2) is 77.3 Å². The van der Waals surface area contributed by atoms with Gasteiger partial charge in [-0.3, -0.25) is 14.6 Å². The van der Waals surface area contributed by atoms with Gasteiger partial charge in [-0.05, 0) is 68.1 Å². The number of thiol groups is 1. The SMILES string of the molecule is Cc1ccc(CC(C)C2NCCC2(CCc2cccs2)[SH]2C=NN=C2)cn1.O=C(O)CC(O)(CC(=O)O)C(=O)O. The Morgan fingerprint density at radius 3 is 2.35 bits per heavy atom. The van der Waals surface area contributed by atoms with E-state index in [2.05, 4.69) is 68.2 Å². The van der Waals surface area contributed by atoms with E-state index >= 15 is 0 Å². The number of aromatic nitrogens is 1. The second-order valence-electron chi connectivity index (χ2n) is 10.2. The summed E-state index contributed by atoms with van der Waals surface area (Å²) in [5.74, 6) is -4.47. The molecule has 0 bridgehead atoms. The number of carboxylic acid groups (broad SMARTS) is 3. The Balaban J connectivity index is 0.000000289. The van der Waals surface area contributed by atoms with Crippen molar-refractivity contribution in [2.75, 3.05) is 6.54 Å². The lowest BCUT2D eigenvalue weighted by Crippen LogP contribution is -2.48. The number of thiophene rings is 1. The van der Waals surface area contributed by atoms with E-state index < -0.39 is 47.2 Å². The predicted octanol–water partition coefficient (Wildman–Crippen LogP) is 3.10. The van der Waals surface area contributed by atoms with E-state index in [1.807, 2.05) is 24.5 Å². The largest absolute Gasteiger partial charge is 0.481 e. The monoisotopic (exact) mass is 592 g/mol. The molecule has 5 N–H and O–H groups in total. The summed E-state index contributed by atoms with van der Waals surface area (Å²) in [4.78, 5) is 36.5. The van der Waals surface area contributed by atoms with Crippen LogP contribution in [0.2, 0.25) is 0 Å². The van der Waals surface area contributed by atoms with Gasteiger partial charge in [-0.1, -0.05) is 19.1 Å². The second kappa shape index (κ2) is 14.0. The fourth-order valence-electron chi connectivity index (χ4n) is 5.27. The third kappa shape index (κ3) is 8.19. The highest BCUT2D eigenvalue weighted by Crippen LogP contribution is 2.51. The molecule has 2 aliphatic heterocycles. The third-order valence-electron chi connectivity index (χ3n) is 7.20. The van der Waals surface area contributed by atoms with Crippen molar-refractivity contribution in [1.29, 1.82) is 0 Å². The summed E-state index contributed by atoms with van der Waals surface area (Å²) in [6.07, 6.45) is 4.37. The lowest BCUT2D eigenvalue weighted by Gasteiger charge is -2.43. The molecule has 0 aromatic carbocycles. The minimum atomic E-state index is -2.74. The predicted molar refractivity (Wildman–Crippen MR) is 157 cm³/mol. The number of hydrogen-bond donors (Lipinski definition) is 6. The van der Waals surface area contributed by atoms with E-state index in [-0.39, 0.29) is 4.75 Å². The van der Waals surface area contributed by atoms with E-state index in [0.29, 0.717) is 12.0 Å². The van der Waals surface area contributed by atoms with Crippen LogP contribution in [0.1, 0.15) is 48.7 Å². The first-order valence-corrected chi connectivity index (χ1v) is 15.2. The number of nitrogens with one attached hydrogen (secondary N) is 1. The minimum Gasteiger partial charge on any atom is -0.481 e. The van der Waals surface area contributed by atoms with Crippen LogP contribution in [0.5, 0.6) is 0 Å². The van der Waals surface area contributed by atoms with Crippen LogP contribution >= 0.6 is 22.2 Å². The van der Waals surface area contributed by atoms with Crippen molar-refractivity contribution in [3.63, 3.8) is 0 Å². The minimum absolute atomic E-state index is 0.250. The molecule has 0 spiro atoms. The number of aliphatic carboxylic acids is 3. The number of rotatable bonds is 12. The summed E-state index contributed by atoms with van der Waals surface area (Å²) < 4.78 is 0.250. The molecule has 2 aliphatic rings. The smallest absolute Gasteiger partial charge is 0.336 e. The summed E-state index contributed by atoms with van der Waals surface area (Å²) >= 11 is 1.87. The van der Waals surface area contributed by atoms with Crippen LogP contribution < -0.4 is 5.32 Å². The van der Waals surface area contributed by atoms with Crippen molar-refractivity contribution in [2.24, 2.45) is 16.1 Å². The van der Waals surface area contributed by atoms with Crippen molar-refractivity contribution in [2.45, 2.75) is 68.8 Å². The second-order valence-corrected chi connectivity index (χ2v) is 13.4. The lowest BCUT2D eigenvalue weighted by atomic mass is 9.83. The summed E-state index contributed by atoms with van der Waals surface area (Å²) in [6.45, 7) is 5.53. The van der Waals surface area contributed by atoms with Crippen molar-refractivity contribution in [1.82, 2.24) is 10.3 Å². The molecule has 1 saturated heterocycles. The van der Waals surface area contributed by atoms with Crippen LogP contribution in [0.15, 0.2) is 46.0 Å². The third-order valence-corrected chi connectivity index (χ3v) is 10.6. The molecule has 4 rings (SSSR count). The Bertz CT molecular complexity index is 1190. The van der Waals surface area contributed by atoms with Gasteiger partial charge >= 0.3 is 17.9 Å². The molecule has 0 saturated carbocycles. The summed E-state index contributed by atoms with van der Waals surface area (Å²) in [7, 11) is -0.421. The van der Waals surface area contributed by atoms with E-state index in [1.165, 1.54) is 23.3 Å². The molecule has 218 valence electrons. The van der Waals surface area contributed by atoms with Gasteiger partial charge in [0, 0.05) is 27.6 Å². The van der Waals surface area contributed by atoms with Crippen molar-refractivity contribution >= 4 is 51.2 Å². The number of pyridine rings is 1. The molecule has 3 unspecified atom stereocenters. The Morgan fingerprint density at radius 1 is 1.15 bits per heavy atom. The van der Waals surface area contributed by atoms with Gasteiger partial charge in [-0.25, -0.2) is 4.79 Å². The summed E-state index contributed by atoms with van der Waals surface area (Å²) in [6, 6.07) is 9.26. The zero-order valence-electron chi connectivity index (χ0n) is 22.4. The van der Waals surface area contributed by atoms with Gasteiger partial charge in [-0.2, -0.15) is 21.1 Å². The van der Waals surface area contributed by atoms with E-state index in [9.17, 15) is 14.4 Å². The van der Waals surface area contributed by atoms with Crippen LogP contribution in [0.4, 0.5) is 0 Å². The maximum Gasteiger partial charge on any atom is 0.336 e. The Kier molecular flexibility index (Phi) is 11.0. The highest BCUT2D eigenvalue weighted by atomic mass is 32.2. The Morgan fingerprint density at radius 2 is 1.82 bits per heavy atom. The van der Waals surface area contributed by atoms with Crippen molar-refractivity contribution < 1.29 is 34.8 Å². The average Bonchev–Trinajstić information content (AvgIpc) is 3.65. The highest BCUT2D eigenvalue weighted by molar-refractivity contribution is 8.40. The molecule has 2 aromatic rings. The maximum atomic E-state index is 10.3.